The minimum absolute atomic E-state index is 0.668. The Labute approximate surface area is 92.3 Å². The van der Waals surface area contributed by atoms with Crippen molar-refractivity contribution in [1.29, 1.82) is 0 Å². The molecule has 0 radical (unpaired) electrons. The van der Waals surface area contributed by atoms with Crippen LogP contribution in [0.15, 0.2) is 4.99 Å². The average molecular weight is 210 g/mol. The number of hydrogen-bond acceptors (Lipinski definition) is 4. The van der Waals surface area contributed by atoms with Gasteiger partial charge in [-0.15, -0.1) is 0 Å². The molecule has 0 spiro atoms. The van der Waals surface area contributed by atoms with Crippen LogP contribution in [0, 0.1) is 5.92 Å². The average Bonchev–Trinajstić information content (AvgIpc) is 2.92. The van der Waals surface area contributed by atoms with Gasteiger partial charge in [-0.25, -0.2) is 0 Å². The Morgan fingerprint density at radius 1 is 1.53 bits per heavy atom. The maximum absolute atomic E-state index is 4.44. The van der Waals surface area contributed by atoms with Crippen LogP contribution < -0.4 is 5.32 Å². The predicted octanol–water partition coefficient (Wildman–Crippen LogP) is 0.218. The lowest BCUT2D eigenvalue weighted by molar-refractivity contribution is 0.262. The zero-order valence-corrected chi connectivity index (χ0v) is 10.0. The second kappa shape index (κ2) is 4.39. The highest BCUT2D eigenvalue weighted by molar-refractivity contribution is 5.81. The third-order valence-electron chi connectivity index (χ3n) is 3.36. The van der Waals surface area contributed by atoms with Gasteiger partial charge in [0.25, 0.3) is 0 Å². The van der Waals surface area contributed by atoms with E-state index in [1.54, 1.807) is 0 Å². The fourth-order valence-electron chi connectivity index (χ4n) is 2.17. The Kier molecular flexibility index (Phi) is 3.14. The molecule has 0 bridgehead atoms. The maximum atomic E-state index is 4.44. The van der Waals surface area contributed by atoms with Crippen molar-refractivity contribution in [3.8, 4) is 0 Å². The van der Waals surface area contributed by atoms with E-state index in [1.165, 1.54) is 12.8 Å². The summed E-state index contributed by atoms with van der Waals surface area (Å²) in [5.74, 6) is 1.97. The molecule has 0 saturated heterocycles. The van der Waals surface area contributed by atoms with Gasteiger partial charge in [-0.3, -0.25) is 4.99 Å². The summed E-state index contributed by atoms with van der Waals surface area (Å²) in [6, 6.07) is 0.668. The van der Waals surface area contributed by atoms with Gasteiger partial charge in [0.05, 0.1) is 6.54 Å². The number of aliphatic imine (C=N–C) groups is 1. The summed E-state index contributed by atoms with van der Waals surface area (Å²) in [6.07, 6.45) is 2.79. The van der Waals surface area contributed by atoms with Crippen LogP contribution in [-0.2, 0) is 0 Å². The second-order valence-electron chi connectivity index (χ2n) is 4.88. The Hall–Kier alpha value is -0.770. The number of hydrogen-bond donors (Lipinski definition) is 1. The monoisotopic (exact) mass is 210 g/mol. The van der Waals surface area contributed by atoms with E-state index in [-0.39, 0.29) is 0 Å². The predicted molar refractivity (Wildman–Crippen MR) is 63.1 cm³/mol. The first-order valence-electron chi connectivity index (χ1n) is 5.84. The summed E-state index contributed by atoms with van der Waals surface area (Å²) in [6.45, 7) is 3.02. The van der Waals surface area contributed by atoms with Crippen LogP contribution in [0.2, 0.25) is 0 Å². The highest BCUT2D eigenvalue weighted by Gasteiger charge is 2.32. The number of nitrogens with one attached hydrogen (secondary N) is 1. The lowest BCUT2D eigenvalue weighted by atomic mass is 10.1. The molecule has 1 saturated carbocycles. The zero-order valence-electron chi connectivity index (χ0n) is 10.0. The molecule has 1 fully saturated rings. The van der Waals surface area contributed by atoms with Crippen molar-refractivity contribution in [2.75, 3.05) is 40.8 Å². The van der Waals surface area contributed by atoms with Crippen molar-refractivity contribution in [3.05, 3.63) is 0 Å². The van der Waals surface area contributed by atoms with E-state index in [4.69, 9.17) is 0 Å². The van der Waals surface area contributed by atoms with Gasteiger partial charge in [-0.1, -0.05) is 0 Å². The quantitative estimate of drug-likeness (QED) is 0.720. The molecule has 4 nitrogen and oxygen atoms in total. The Morgan fingerprint density at radius 3 is 2.73 bits per heavy atom. The van der Waals surface area contributed by atoms with Gasteiger partial charge in [0.1, 0.15) is 0 Å². The van der Waals surface area contributed by atoms with Crippen molar-refractivity contribution < 1.29 is 0 Å². The molecule has 4 heteroatoms. The summed E-state index contributed by atoms with van der Waals surface area (Å²) in [4.78, 5) is 8.97. The molecule has 15 heavy (non-hydrogen) atoms. The lowest BCUT2D eigenvalue weighted by Crippen LogP contribution is -2.45. The van der Waals surface area contributed by atoms with Gasteiger partial charge in [-0.2, -0.15) is 0 Å². The Morgan fingerprint density at radius 2 is 2.27 bits per heavy atom. The number of nitrogens with zero attached hydrogens (tertiary/aromatic N) is 3. The molecule has 1 heterocycles. The molecule has 86 valence electrons. The molecule has 1 unspecified atom stereocenters. The van der Waals surface area contributed by atoms with E-state index in [1.807, 2.05) is 0 Å². The normalized spacial score (nSPS) is 23.2. The number of guanidine groups is 1. The summed E-state index contributed by atoms with van der Waals surface area (Å²) < 4.78 is 0. The highest BCUT2D eigenvalue weighted by Crippen LogP contribution is 2.34. The minimum atomic E-state index is 0.668. The molecule has 0 aromatic heterocycles. The van der Waals surface area contributed by atoms with Crippen LogP contribution in [-0.4, -0.2) is 62.6 Å². The van der Waals surface area contributed by atoms with E-state index in [0.29, 0.717) is 6.04 Å². The summed E-state index contributed by atoms with van der Waals surface area (Å²) in [5, 5.41) is 3.47. The van der Waals surface area contributed by atoms with Crippen LogP contribution in [0.1, 0.15) is 12.8 Å². The third kappa shape index (κ3) is 2.62. The van der Waals surface area contributed by atoms with Crippen LogP contribution in [0.3, 0.4) is 0 Å². The van der Waals surface area contributed by atoms with E-state index in [0.717, 1.165) is 31.5 Å². The molecule has 0 aromatic rings. The van der Waals surface area contributed by atoms with Crippen LogP contribution in [0.5, 0.6) is 0 Å². The zero-order chi connectivity index (χ0) is 10.8. The fourth-order valence-corrected chi connectivity index (χ4v) is 2.17. The van der Waals surface area contributed by atoms with E-state index < -0.39 is 0 Å². The van der Waals surface area contributed by atoms with Gasteiger partial charge >= 0.3 is 0 Å². The standard InChI is InChI=1S/C11H22N4/c1-14(2)10(9-4-5-9)8-13-11-12-6-7-15(11)3/h9-10H,4-8H2,1-3H3,(H,12,13). The fraction of sp³-hybridized carbons (Fsp3) is 0.909. The first-order chi connectivity index (χ1) is 7.18. The van der Waals surface area contributed by atoms with Gasteiger partial charge in [-0.05, 0) is 32.9 Å². The minimum Gasteiger partial charge on any atom is -0.355 e. The van der Waals surface area contributed by atoms with Gasteiger partial charge in [0.2, 0.25) is 0 Å². The SMILES string of the molecule is CN1CCN=C1NCC(C1CC1)N(C)C. The molecular weight excluding hydrogens is 188 g/mol. The Balaban J connectivity index is 1.80. The van der Waals surface area contributed by atoms with Crippen molar-refractivity contribution in [3.63, 3.8) is 0 Å². The molecule has 2 aliphatic rings. The van der Waals surface area contributed by atoms with Crippen LogP contribution in [0.25, 0.3) is 0 Å². The molecule has 2 rings (SSSR count). The van der Waals surface area contributed by atoms with E-state index in [2.05, 4.69) is 41.3 Å². The van der Waals surface area contributed by atoms with Crippen molar-refractivity contribution in [2.24, 2.45) is 10.9 Å². The first kappa shape index (κ1) is 10.7. The Bertz CT molecular complexity index is 243. The lowest BCUT2D eigenvalue weighted by Gasteiger charge is -2.26. The molecule has 1 N–H and O–H groups in total. The molecule has 1 aliphatic carbocycles. The maximum Gasteiger partial charge on any atom is 0.193 e. The van der Waals surface area contributed by atoms with Crippen molar-refractivity contribution in [2.45, 2.75) is 18.9 Å². The third-order valence-corrected chi connectivity index (χ3v) is 3.36. The highest BCUT2D eigenvalue weighted by atomic mass is 15.3. The van der Waals surface area contributed by atoms with Gasteiger partial charge in [0, 0.05) is 26.2 Å². The smallest absolute Gasteiger partial charge is 0.193 e. The molecule has 1 atom stereocenters. The molecule has 1 aliphatic heterocycles. The topological polar surface area (TPSA) is 30.9 Å². The molecule has 0 aromatic carbocycles. The summed E-state index contributed by atoms with van der Waals surface area (Å²) >= 11 is 0. The summed E-state index contributed by atoms with van der Waals surface area (Å²) in [7, 11) is 6.44. The second-order valence-corrected chi connectivity index (χ2v) is 4.88. The number of likely N-dealkylation sites (N-methyl/N-ethyl adjacent to an activating group) is 2. The number of rotatable bonds is 4. The van der Waals surface area contributed by atoms with Gasteiger partial charge in [0.15, 0.2) is 5.96 Å². The summed E-state index contributed by atoms with van der Waals surface area (Å²) in [5.41, 5.74) is 0. The van der Waals surface area contributed by atoms with Crippen molar-refractivity contribution in [1.82, 2.24) is 15.1 Å². The van der Waals surface area contributed by atoms with Crippen LogP contribution >= 0.6 is 0 Å². The van der Waals surface area contributed by atoms with E-state index >= 15 is 0 Å². The van der Waals surface area contributed by atoms with Crippen molar-refractivity contribution >= 4 is 5.96 Å². The first-order valence-corrected chi connectivity index (χ1v) is 5.84. The van der Waals surface area contributed by atoms with Crippen LogP contribution in [0.4, 0.5) is 0 Å². The van der Waals surface area contributed by atoms with Gasteiger partial charge < -0.3 is 15.1 Å². The molecule has 0 amide bonds. The largest absolute Gasteiger partial charge is 0.355 e. The molecular formula is C11H22N4. The van der Waals surface area contributed by atoms with E-state index in [9.17, 15) is 0 Å².